The average Bonchev–Trinajstić information content (AvgIpc) is 2.56. The minimum Gasteiger partial charge on any atom is -0.486 e. The van der Waals surface area contributed by atoms with Gasteiger partial charge in [-0.3, -0.25) is 9.00 Å². The van der Waals surface area contributed by atoms with E-state index < -0.39 is 10.8 Å². The molecular formula is C15H22N2O4S. The van der Waals surface area contributed by atoms with Gasteiger partial charge < -0.3 is 19.7 Å². The van der Waals surface area contributed by atoms with E-state index in [1.54, 1.807) is 30.1 Å². The van der Waals surface area contributed by atoms with Crippen LogP contribution in [-0.4, -0.2) is 61.2 Å². The van der Waals surface area contributed by atoms with Gasteiger partial charge in [-0.2, -0.15) is 0 Å². The van der Waals surface area contributed by atoms with E-state index in [0.717, 1.165) is 6.54 Å². The van der Waals surface area contributed by atoms with Crippen molar-refractivity contribution in [2.24, 2.45) is 0 Å². The third kappa shape index (κ3) is 4.45. The summed E-state index contributed by atoms with van der Waals surface area (Å²) in [7, 11) is 2.38. The molecule has 0 bridgehead atoms. The van der Waals surface area contributed by atoms with Crippen LogP contribution >= 0.6 is 0 Å². The molecule has 0 spiro atoms. The van der Waals surface area contributed by atoms with E-state index in [9.17, 15) is 9.00 Å². The predicted molar refractivity (Wildman–Crippen MR) is 84.9 cm³/mol. The molecule has 1 unspecified atom stereocenters. The summed E-state index contributed by atoms with van der Waals surface area (Å²) >= 11 is 0. The van der Waals surface area contributed by atoms with E-state index in [1.807, 2.05) is 7.05 Å². The van der Waals surface area contributed by atoms with Gasteiger partial charge in [0.25, 0.3) is 0 Å². The highest BCUT2D eigenvalue weighted by Crippen LogP contribution is 2.31. The van der Waals surface area contributed by atoms with Crippen molar-refractivity contribution >= 4 is 16.7 Å². The van der Waals surface area contributed by atoms with Gasteiger partial charge in [0.05, 0.1) is 10.8 Å². The molecule has 0 aliphatic carbocycles. The molecule has 1 aromatic carbocycles. The minimum atomic E-state index is -1.22. The number of carbonyl (C=O) groups is 1. The highest BCUT2D eigenvalue weighted by atomic mass is 32.2. The SMILES string of the molecule is CNCCN(C)C(=O)CCS(=O)c1ccc2c(c1)OCCO2. The van der Waals surface area contributed by atoms with E-state index >= 15 is 0 Å². The Morgan fingerprint density at radius 3 is 2.77 bits per heavy atom. The number of carbonyl (C=O) groups excluding carboxylic acids is 1. The third-order valence-electron chi connectivity index (χ3n) is 3.40. The zero-order chi connectivity index (χ0) is 15.9. The smallest absolute Gasteiger partial charge is 0.223 e. The monoisotopic (exact) mass is 326 g/mol. The van der Waals surface area contributed by atoms with Gasteiger partial charge in [0, 0.05) is 43.3 Å². The van der Waals surface area contributed by atoms with E-state index in [2.05, 4.69) is 5.32 Å². The van der Waals surface area contributed by atoms with Crippen LogP contribution in [0.25, 0.3) is 0 Å². The van der Waals surface area contributed by atoms with Crippen molar-refractivity contribution in [2.75, 3.05) is 46.2 Å². The van der Waals surface area contributed by atoms with Gasteiger partial charge >= 0.3 is 0 Å². The van der Waals surface area contributed by atoms with E-state index in [-0.39, 0.29) is 12.3 Å². The molecule has 1 amide bonds. The van der Waals surface area contributed by atoms with E-state index in [1.165, 1.54) is 0 Å². The predicted octanol–water partition coefficient (Wildman–Crippen LogP) is 0.633. The molecule has 6 nitrogen and oxygen atoms in total. The Hall–Kier alpha value is -1.60. The Labute approximate surface area is 133 Å². The van der Waals surface area contributed by atoms with Gasteiger partial charge in [0.1, 0.15) is 13.2 Å². The van der Waals surface area contributed by atoms with Crippen LogP contribution < -0.4 is 14.8 Å². The van der Waals surface area contributed by atoms with Crippen LogP contribution in [0.3, 0.4) is 0 Å². The van der Waals surface area contributed by atoms with Crippen molar-refractivity contribution in [2.45, 2.75) is 11.3 Å². The fourth-order valence-electron chi connectivity index (χ4n) is 2.06. The molecule has 2 rings (SSSR count). The molecular weight excluding hydrogens is 304 g/mol. The van der Waals surface area contributed by atoms with Crippen LogP contribution in [0.15, 0.2) is 23.1 Å². The van der Waals surface area contributed by atoms with Crippen LogP contribution in [-0.2, 0) is 15.6 Å². The second-order valence-electron chi connectivity index (χ2n) is 5.02. The second-order valence-corrected chi connectivity index (χ2v) is 6.59. The third-order valence-corrected chi connectivity index (χ3v) is 4.76. The highest BCUT2D eigenvalue weighted by Gasteiger charge is 2.16. The summed E-state index contributed by atoms with van der Waals surface area (Å²) in [5, 5.41) is 2.99. The first-order chi connectivity index (χ1) is 10.6. The molecule has 1 aromatic rings. The van der Waals surface area contributed by atoms with Crippen molar-refractivity contribution in [1.29, 1.82) is 0 Å². The average molecular weight is 326 g/mol. The van der Waals surface area contributed by atoms with Gasteiger partial charge in [-0.25, -0.2) is 0 Å². The Morgan fingerprint density at radius 2 is 2.05 bits per heavy atom. The summed E-state index contributed by atoms with van der Waals surface area (Å²) in [6.45, 7) is 2.42. The number of hydrogen-bond acceptors (Lipinski definition) is 5. The van der Waals surface area contributed by atoms with E-state index in [0.29, 0.717) is 41.9 Å². The summed E-state index contributed by atoms with van der Waals surface area (Å²) in [6.07, 6.45) is 0.265. The van der Waals surface area contributed by atoms with Crippen molar-refractivity contribution in [3.63, 3.8) is 0 Å². The Kier molecular flexibility index (Phi) is 6.21. The first kappa shape index (κ1) is 16.8. The van der Waals surface area contributed by atoms with Crippen LogP contribution in [0.5, 0.6) is 11.5 Å². The summed E-state index contributed by atoms with van der Waals surface area (Å²) in [5.41, 5.74) is 0. The molecule has 22 heavy (non-hydrogen) atoms. The van der Waals surface area contributed by atoms with Crippen molar-refractivity contribution in [1.82, 2.24) is 10.2 Å². The number of rotatable bonds is 7. The molecule has 1 heterocycles. The Bertz CT molecular complexity index is 550. The summed E-state index contributed by atoms with van der Waals surface area (Å²) < 4.78 is 23.2. The molecule has 0 aromatic heterocycles. The summed E-state index contributed by atoms with van der Waals surface area (Å²) in [6, 6.07) is 5.27. The lowest BCUT2D eigenvalue weighted by atomic mass is 10.3. The summed E-state index contributed by atoms with van der Waals surface area (Å²) in [5.74, 6) is 1.60. The van der Waals surface area contributed by atoms with Gasteiger partial charge in [0.15, 0.2) is 11.5 Å². The molecule has 1 aliphatic rings. The largest absolute Gasteiger partial charge is 0.486 e. The number of benzene rings is 1. The van der Waals surface area contributed by atoms with Crippen molar-refractivity contribution < 1.29 is 18.5 Å². The lowest BCUT2D eigenvalue weighted by Crippen LogP contribution is -2.33. The lowest BCUT2D eigenvalue weighted by Gasteiger charge is -2.19. The highest BCUT2D eigenvalue weighted by molar-refractivity contribution is 7.85. The number of nitrogens with zero attached hydrogens (tertiary/aromatic N) is 1. The number of amides is 1. The zero-order valence-electron chi connectivity index (χ0n) is 13.0. The number of nitrogens with one attached hydrogen (secondary N) is 1. The quantitative estimate of drug-likeness (QED) is 0.796. The maximum Gasteiger partial charge on any atom is 0.223 e. The Balaban J connectivity index is 1.88. The maximum absolute atomic E-state index is 12.3. The number of ether oxygens (including phenoxy) is 2. The zero-order valence-corrected chi connectivity index (χ0v) is 13.8. The van der Waals surface area contributed by atoms with Gasteiger partial charge in [-0.1, -0.05) is 0 Å². The Morgan fingerprint density at radius 1 is 1.32 bits per heavy atom. The fraction of sp³-hybridized carbons (Fsp3) is 0.533. The van der Waals surface area contributed by atoms with Gasteiger partial charge in [0.2, 0.25) is 5.91 Å². The van der Waals surface area contributed by atoms with Gasteiger partial charge in [-0.05, 0) is 19.2 Å². The topological polar surface area (TPSA) is 67.9 Å². The number of likely N-dealkylation sites (N-methyl/N-ethyl adjacent to an activating group) is 2. The summed E-state index contributed by atoms with van der Waals surface area (Å²) in [4.78, 5) is 14.2. The normalized spacial score (nSPS) is 14.5. The number of fused-ring (bicyclic) bond motifs is 1. The molecule has 1 N–H and O–H groups in total. The van der Waals surface area contributed by atoms with Crippen molar-refractivity contribution in [3.05, 3.63) is 18.2 Å². The van der Waals surface area contributed by atoms with Crippen molar-refractivity contribution in [3.8, 4) is 11.5 Å². The lowest BCUT2D eigenvalue weighted by molar-refractivity contribution is -0.129. The van der Waals surface area contributed by atoms with Crippen LogP contribution in [0.2, 0.25) is 0 Å². The molecule has 1 atom stereocenters. The first-order valence-electron chi connectivity index (χ1n) is 7.28. The molecule has 0 saturated carbocycles. The van der Waals surface area contributed by atoms with Crippen LogP contribution in [0.4, 0.5) is 0 Å². The molecule has 0 saturated heterocycles. The molecule has 0 radical (unpaired) electrons. The standard InChI is InChI=1S/C15H22N2O4S/c1-16-6-7-17(2)15(18)5-10-22(19)12-3-4-13-14(11-12)21-9-8-20-13/h3-4,11,16H,5-10H2,1-2H3. The van der Waals surface area contributed by atoms with Crippen LogP contribution in [0, 0.1) is 0 Å². The molecule has 0 fully saturated rings. The molecule has 1 aliphatic heterocycles. The first-order valence-corrected chi connectivity index (χ1v) is 8.60. The van der Waals surface area contributed by atoms with E-state index in [4.69, 9.17) is 9.47 Å². The molecule has 122 valence electrons. The second kappa shape index (κ2) is 8.14. The van der Waals surface area contributed by atoms with Gasteiger partial charge in [-0.15, -0.1) is 0 Å². The number of hydrogen-bond donors (Lipinski definition) is 1. The molecule has 7 heteroatoms. The van der Waals surface area contributed by atoms with Crippen LogP contribution in [0.1, 0.15) is 6.42 Å². The maximum atomic E-state index is 12.3. The fourth-order valence-corrected chi connectivity index (χ4v) is 3.11. The minimum absolute atomic E-state index is 0.00106.